The number of ether oxygens (including phenoxy) is 3. The van der Waals surface area contributed by atoms with Gasteiger partial charge in [0.05, 0.1) is 12.7 Å². The van der Waals surface area contributed by atoms with Gasteiger partial charge in [-0.05, 0) is 50.1 Å². The number of piperidine rings is 1. The number of fused-ring (bicyclic) bond motifs is 1. The van der Waals surface area contributed by atoms with Crippen LogP contribution in [0.15, 0.2) is 58.8 Å². The SMILES string of the molecule is CN/N=C(\N=N)c1ccc(C2=CC3(CCN(C(=O)OC(C)(C)C)CC3)Oc3cccc(OC)c32)cc1. The molecule has 1 spiro atoms. The van der Waals surface area contributed by atoms with Crippen molar-refractivity contribution < 1.29 is 19.0 Å². The second-order valence-electron chi connectivity index (χ2n) is 9.87. The first-order chi connectivity index (χ1) is 17.2. The van der Waals surface area contributed by atoms with Crippen molar-refractivity contribution in [2.75, 3.05) is 27.2 Å². The Hall–Kier alpha value is -3.88. The maximum absolute atomic E-state index is 12.6. The van der Waals surface area contributed by atoms with Crippen LogP contribution in [0.2, 0.25) is 0 Å². The molecule has 4 rings (SSSR count). The Morgan fingerprint density at radius 1 is 1.14 bits per heavy atom. The molecule has 1 amide bonds. The molecule has 0 aliphatic carbocycles. The third-order valence-corrected chi connectivity index (χ3v) is 6.24. The summed E-state index contributed by atoms with van der Waals surface area (Å²) in [4.78, 5) is 14.4. The number of amidine groups is 1. The van der Waals surface area contributed by atoms with Crippen LogP contribution < -0.4 is 14.9 Å². The van der Waals surface area contributed by atoms with Gasteiger partial charge >= 0.3 is 6.09 Å². The second kappa shape index (κ2) is 10.0. The van der Waals surface area contributed by atoms with Crippen LogP contribution in [-0.2, 0) is 4.74 Å². The molecule has 9 nitrogen and oxygen atoms in total. The molecule has 0 atom stereocenters. The van der Waals surface area contributed by atoms with Gasteiger partial charge in [0.2, 0.25) is 0 Å². The van der Waals surface area contributed by atoms with Crippen molar-refractivity contribution >= 4 is 17.5 Å². The second-order valence-corrected chi connectivity index (χ2v) is 9.87. The Bertz CT molecular complexity index is 1190. The van der Waals surface area contributed by atoms with E-state index in [9.17, 15) is 4.79 Å². The van der Waals surface area contributed by atoms with E-state index in [4.69, 9.17) is 19.7 Å². The van der Waals surface area contributed by atoms with Crippen LogP contribution in [0.5, 0.6) is 11.5 Å². The smallest absolute Gasteiger partial charge is 0.410 e. The summed E-state index contributed by atoms with van der Waals surface area (Å²) in [7, 11) is 3.32. The van der Waals surface area contributed by atoms with Gasteiger partial charge in [-0.25, -0.2) is 10.3 Å². The van der Waals surface area contributed by atoms with Crippen LogP contribution in [-0.4, -0.2) is 55.3 Å². The van der Waals surface area contributed by atoms with Gasteiger partial charge in [0.1, 0.15) is 22.7 Å². The van der Waals surface area contributed by atoms with Crippen LogP contribution in [0, 0.1) is 5.53 Å². The Morgan fingerprint density at radius 3 is 2.42 bits per heavy atom. The van der Waals surface area contributed by atoms with E-state index in [1.807, 2.05) is 63.2 Å². The molecule has 2 aliphatic heterocycles. The molecule has 0 bridgehead atoms. The summed E-state index contributed by atoms with van der Waals surface area (Å²) < 4.78 is 17.8. The minimum absolute atomic E-state index is 0.297. The molecule has 0 aromatic heterocycles. The van der Waals surface area contributed by atoms with E-state index in [-0.39, 0.29) is 6.09 Å². The van der Waals surface area contributed by atoms with E-state index in [2.05, 4.69) is 21.7 Å². The normalized spacial score (nSPS) is 17.0. The topological polar surface area (TPSA) is 109 Å². The standard InChI is InChI=1S/C27H33N5O4/c1-26(2,3)36-25(33)32-15-13-27(14-16-32)17-20(23-21(34-5)7-6-8-22(23)35-27)18-9-11-19(12-10-18)24(30-28)31-29-4/h6-12,17,28-29H,13-16H2,1-5H3/b30-28?,31-24-. The third kappa shape index (κ3) is 5.19. The van der Waals surface area contributed by atoms with Crippen LogP contribution in [0.3, 0.4) is 0 Å². The molecule has 0 radical (unpaired) electrons. The maximum Gasteiger partial charge on any atom is 0.410 e. The van der Waals surface area contributed by atoms with Gasteiger partial charge in [-0.3, -0.25) is 0 Å². The number of nitrogens with one attached hydrogen (secondary N) is 2. The third-order valence-electron chi connectivity index (χ3n) is 6.24. The fraction of sp³-hybridized carbons (Fsp3) is 0.407. The fourth-order valence-corrected chi connectivity index (χ4v) is 4.54. The first-order valence-electron chi connectivity index (χ1n) is 12.0. The average molecular weight is 492 g/mol. The Labute approximate surface area is 211 Å². The van der Waals surface area contributed by atoms with Crippen molar-refractivity contribution in [3.8, 4) is 11.5 Å². The summed E-state index contributed by atoms with van der Waals surface area (Å²) in [5.41, 5.74) is 12.6. The van der Waals surface area contributed by atoms with E-state index in [0.717, 1.165) is 33.8 Å². The predicted molar refractivity (Wildman–Crippen MR) is 138 cm³/mol. The summed E-state index contributed by atoms with van der Waals surface area (Å²) in [6.07, 6.45) is 3.15. The molecule has 2 aliphatic rings. The van der Waals surface area contributed by atoms with Gasteiger partial charge in [-0.2, -0.15) is 5.10 Å². The number of hydrazone groups is 1. The highest BCUT2D eigenvalue weighted by Crippen LogP contribution is 2.47. The molecule has 2 aromatic rings. The van der Waals surface area contributed by atoms with Crippen molar-refractivity contribution in [2.24, 2.45) is 10.2 Å². The van der Waals surface area contributed by atoms with E-state index >= 15 is 0 Å². The quantitative estimate of drug-likeness (QED) is 0.264. The number of likely N-dealkylation sites (tertiary alicyclic amines) is 1. The molecular formula is C27H33N5O4. The van der Waals surface area contributed by atoms with E-state index in [1.54, 1.807) is 19.1 Å². The van der Waals surface area contributed by atoms with Crippen LogP contribution in [0.4, 0.5) is 4.79 Å². The zero-order valence-electron chi connectivity index (χ0n) is 21.4. The van der Waals surface area contributed by atoms with Gasteiger partial charge in [0, 0.05) is 38.5 Å². The highest BCUT2D eigenvalue weighted by molar-refractivity contribution is 5.99. The molecule has 190 valence electrons. The number of benzene rings is 2. The first kappa shape index (κ1) is 25.2. The van der Waals surface area contributed by atoms with Crippen LogP contribution in [0.1, 0.15) is 50.3 Å². The molecule has 36 heavy (non-hydrogen) atoms. The van der Waals surface area contributed by atoms with Gasteiger partial charge in [-0.1, -0.05) is 30.3 Å². The lowest BCUT2D eigenvalue weighted by Gasteiger charge is -2.43. The molecule has 0 unspecified atom stereocenters. The summed E-state index contributed by atoms with van der Waals surface area (Å²) in [5, 5.41) is 7.55. The number of carbonyl (C=O) groups excluding carboxylic acids is 1. The van der Waals surface area contributed by atoms with Gasteiger partial charge < -0.3 is 24.5 Å². The average Bonchev–Trinajstić information content (AvgIpc) is 2.86. The molecular weight excluding hydrogens is 458 g/mol. The summed E-state index contributed by atoms with van der Waals surface area (Å²) in [6.45, 7) is 6.68. The lowest BCUT2D eigenvalue weighted by molar-refractivity contribution is -0.00120. The molecule has 2 heterocycles. The lowest BCUT2D eigenvalue weighted by Crippen LogP contribution is -2.50. The number of amides is 1. The highest BCUT2D eigenvalue weighted by Gasteiger charge is 2.41. The van der Waals surface area contributed by atoms with Gasteiger partial charge in [0.15, 0.2) is 5.84 Å². The molecule has 0 saturated carbocycles. The number of hydrogen-bond donors (Lipinski definition) is 2. The molecule has 2 aromatic carbocycles. The van der Waals surface area contributed by atoms with E-state index in [0.29, 0.717) is 31.8 Å². The Balaban J connectivity index is 1.68. The molecule has 2 N–H and O–H groups in total. The zero-order chi connectivity index (χ0) is 25.9. The van der Waals surface area contributed by atoms with E-state index < -0.39 is 11.2 Å². The largest absolute Gasteiger partial charge is 0.496 e. The van der Waals surface area contributed by atoms with Crippen LogP contribution in [0.25, 0.3) is 5.57 Å². The number of methoxy groups -OCH3 is 1. The molecule has 1 fully saturated rings. The lowest BCUT2D eigenvalue weighted by atomic mass is 9.82. The van der Waals surface area contributed by atoms with Crippen molar-refractivity contribution in [1.82, 2.24) is 10.3 Å². The summed E-state index contributed by atoms with van der Waals surface area (Å²) in [5.74, 6) is 1.77. The molecule has 1 saturated heterocycles. The van der Waals surface area contributed by atoms with Crippen molar-refractivity contribution in [3.63, 3.8) is 0 Å². The minimum Gasteiger partial charge on any atom is -0.496 e. The minimum atomic E-state index is -0.554. The van der Waals surface area contributed by atoms with Gasteiger partial charge in [-0.15, -0.1) is 5.11 Å². The van der Waals surface area contributed by atoms with Crippen molar-refractivity contribution in [2.45, 2.75) is 44.8 Å². The molecule has 9 heteroatoms. The van der Waals surface area contributed by atoms with E-state index in [1.165, 1.54) is 0 Å². The van der Waals surface area contributed by atoms with Crippen molar-refractivity contribution in [1.29, 1.82) is 5.53 Å². The summed E-state index contributed by atoms with van der Waals surface area (Å²) in [6, 6.07) is 13.6. The van der Waals surface area contributed by atoms with Gasteiger partial charge in [0.25, 0.3) is 0 Å². The number of carbonyl (C=O) groups is 1. The van der Waals surface area contributed by atoms with Crippen molar-refractivity contribution in [3.05, 3.63) is 65.2 Å². The maximum atomic E-state index is 12.6. The summed E-state index contributed by atoms with van der Waals surface area (Å²) >= 11 is 0. The zero-order valence-corrected chi connectivity index (χ0v) is 21.4. The predicted octanol–water partition coefficient (Wildman–Crippen LogP) is 5.20. The Morgan fingerprint density at radius 2 is 1.83 bits per heavy atom. The number of nitrogens with zero attached hydrogens (tertiary/aromatic N) is 3. The highest BCUT2D eigenvalue weighted by atomic mass is 16.6. The number of rotatable bonds is 4. The van der Waals surface area contributed by atoms with Crippen LogP contribution >= 0.6 is 0 Å². The Kier molecular flexibility index (Phi) is 7.01. The number of hydrogen-bond acceptors (Lipinski definition) is 7. The first-order valence-corrected chi connectivity index (χ1v) is 12.0. The fourth-order valence-electron chi connectivity index (χ4n) is 4.54. The monoisotopic (exact) mass is 491 g/mol.